The zero-order valence-electron chi connectivity index (χ0n) is 10.3. The average molecular weight is 261 g/mol. The maximum Gasteiger partial charge on any atom is 0.337 e. The summed E-state index contributed by atoms with van der Waals surface area (Å²) >= 11 is 1.64. The lowest BCUT2D eigenvalue weighted by Gasteiger charge is -2.18. The van der Waals surface area contributed by atoms with Gasteiger partial charge in [-0.3, -0.25) is 0 Å². The Kier molecular flexibility index (Phi) is 3.67. The van der Waals surface area contributed by atoms with Gasteiger partial charge in [-0.2, -0.15) is 11.3 Å². The zero-order valence-corrected chi connectivity index (χ0v) is 11.1. The molecule has 1 unspecified atom stereocenters. The van der Waals surface area contributed by atoms with Crippen LogP contribution in [0.3, 0.4) is 0 Å². The first-order chi connectivity index (χ1) is 8.59. The Morgan fingerprint density at radius 1 is 1.39 bits per heavy atom. The first-order valence-electron chi connectivity index (χ1n) is 5.71. The maximum absolute atomic E-state index is 11.2. The molecule has 4 heteroatoms. The molecule has 0 aliphatic rings. The van der Waals surface area contributed by atoms with Gasteiger partial charge < -0.3 is 10.4 Å². The molecule has 0 radical (unpaired) electrons. The molecule has 0 aliphatic carbocycles. The van der Waals surface area contributed by atoms with Crippen molar-refractivity contribution in [3.63, 3.8) is 0 Å². The van der Waals surface area contributed by atoms with E-state index in [1.807, 2.05) is 31.4 Å². The third kappa shape index (κ3) is 2.54. The van der Waals surface area contributed by atoms with E-state index in [1.54, 1.807) is 23.5 Å². The number of carbonyl (C=O) groups is 1. The summed E-state index contributed by atoms with van der Waals surface area (Å²) in [6, 6.07) is 7.43. The molecule has 1 aromatic heterocycles. The third-order valence-electron chi connectivity index (χ3n) is 2.91. The van der Waals surface area contributed by atoms with Crippen molar-refractivity contribution in [2.75, 3.05) is 5.32 Å². The van der Waals surface area contributed by atoms with Crippen LogP contribution in [-0.2, 0) is 0 Å². The average Bonchev–Trinajstić information content (AvgIpc) is 2.85. The van der Waals surface area contributed by atoms with E-state index in [0.717, 1.165) is 5.56 Å². The van der Waals surface area contributed by atoms with Crippen LogP contribution in [0, 0.1) is 6.92 Å². The standard InChI is InChI=1S/C14H15NO2S/c1-9-4-3-5-12(14(16)17)13(9)15-10(2)11-6-7-18-8-11/h3-8,10,15H,1-2H3,(H,16,17). The van der Waals surface area contributed by atoms with Gasteiger partial charge in [0, 0.05) is 6.04 Å². The summed E-state index contributed by atoms with van der Waals surface area (Å²) in [6.45, 7) is 3.94. The molecule has 1 heterocycles. The van der Waals surface area contributed by atoms with Gasteiger partial charge in [0.05, 0.1) is 11.3 Å². The van der Waals surface area contributed by atoms with Crippen LogP contribution in [0.5, 0.6) is 0 Å². The van der Waals surface area contributed by atoms with Crippen LogP contribution < -0.4 is 5.32 Å². The first kappa shape index (κ1) is 12.6. The van der Waals surface area contributed by atoms with Crippen molar-refractivity contribution in [2.24, 2.45) is 0 Å². The summed E-state index contributed by atoms with van der Waals surface area (Å²) in [5.41, 5.74) is 3.12. The number of anilines is 1. The van der Waals surface area contributed by atoms with E-state index in [-0.39, 0.29) is 6.04 Å². The summed E-state index contributed by atoms with van der Waals surface area (Å²) in [7, 11) is 0. The Hall–Kier alpha value is -1.81. The molecule has 0 saturated heterocycles. The Morgan fingerprint density at radius 2 is 2.17 bits per heavy atom. The van der Waals surface area contributed by atoms with E-state index in [2.05, 4.69) is 10.7 Å². The second kappa shape index (κ2) is 5.23. The lowest BCUT2D eigenvalue weighted by Crippen LogP contribution is -2.11. The molecule has 0 fully saturated rings. The lowest BCUT2D eigenvalue weighted by molar-refractivity contribution is 0.0698. The molecule has 2 rings (SSSR count). The van der Waals surface area contributed by atoms with Gasteiger partial charge in [0.1, 0.15) is 0 Å². The fourth-order valence-electron chi connectivity index (χ4n) is 1.86. The molecule has 0 bridgehead atoms. The number of rotatable bonds is 4. The summed E-state index contributed by atoms with van der Waals surface area (Å²) in [6.07, 6.45) is 0. The lowest BCUT2D eigenvalue weighted by atomic mass is 10.1. The van der Waals surface area contributed by atoms with Crippen molar-refractivity contribution in [3.8, 4) is 0 Å². The minimum atomic E-state index is -0.904. The van der Waals surface area contributed by atoms with E-state index in [4.69, 9.17) is 0 Å². The number of nitrogens with one attached hydrogen (secondary N) is 1. The summed E-state index contributed by atoms with van der Waals surface area (Å²) in [4.78, 5) is 11.2. The molecule has 0 aliphatic heterocycles. The minimum absolute atomic E-state index is 0.0930. The molecule has 2 N–H and O–H groups in total. The summed E-state index contributed by atoms with van der Waals surface area (Å²) < 4.78 is 0. The number of carboxylic acids is 1. The topological polar surface area (TPSA) is 49.3 Å². The Balaban J connectivity index is 2.31. The van der Waals surface area contributed by atoms with Crippen molar-refractivity contribution in [2.45, 2.75) is 19.9 Å². The molecule has 2 aromatic rings. The predicted octanol–water partition coefficient (Wildman–Crippen LogP) is 3.93. The molecular weight excluding hydrogens is 246 g/mol. The Morgan fingerprint density at radius 3 is 2.78 bits per heavy atom. The fraction of sp³-hybridized carbons (Fsp3) is 0.214. The molecule has 0 saturated carbocycles. The molecule has 0 amide bonds. The number of thiophene rings is 1. The summed E-state index contributed by atoms with van der Waals surface area (Å²) in [5, 5.41) is 16.6. The molecule has 1 atom stereocenters. The van der Waals surface area contributed by atoms with Gasteiger partial charge in [0.15, 0.2) is 0 Å². The van der Waals surface area contributed by atoms with Crippen molar-refractivity contribution >= 4 is 23.0 Å². The largest absolute Gasteiger partial charge is 0.478 e. The molecule has 0 spiro atoms. The van der Waals surface area contributed by atoms with Gasteiger partial charge in [-0.25, -0.2) is 4.79 Å². The minimum Gasteiger partial charge on any atom is -0.478 e. The number of hydrogen-bond donors (Lipinski definition) is 2. The van der Waals surface area contributed by atoms with Gasteiger partial charge >= 0.3 is 5.97 Å². The van der Waals surface area contributed by atoms with E-state index >= 15 is 0 Å². The number of para-hydroxylation sites is 1. The van der Waals surface area contributed by atoms with E-state index in [0.29, 0.717) is 11.3 Å². The van der Waals surface area contributed by atoms with Gasteiger partial charge in [0.25, 0.3) is 0 Å². The summed E-state index contributed by atoms with van der Waals surface area (Å²) in [5.74, 6) is -0.904. The molecule has 1 aromatic carbocycles. The van der Waals surface area contributed by atoms with E-state index < -0.39 is 5.97 Å². The fourth-order valence-corrected chi connectivity index (χ4v) is 2.61. The second-order valence-corrected chi connectivity index (χ2v) is 5.01. The van der Waals surface area contributed by atoms with Crippen LogP contribution in [-0.4, -0.2) is 11.1 Å². The zero-order chi connectivity index (χ0) is 13.1. The van der Waals surface area contributed by atoms with Crippen LogP contribution in [0.2, 0.25) is 0 Å². The number of benzene rings is 1. The van der Waals surface area contributed by atoms with Crippen LogP contribution in [0.25, 0.3) is 0 Å². The Bertz CT molecular complexity index is 549. The van der Waals surface area contributed by atoms with Crippen molar-refractivity contribution in [3.05, 3.63) is 51.7 Å². The van der Waals surface area contributed by atoms with E-state index in [9.17, 15) is 9.90 Å². The van der Waals surface area contributed by atoms with Gasteiger partial charge in [0.2, 0.25) is 0 Å². The highest BCUT2D eigenvalue weighted by molar-refractivity contribution is 7.07. The number of aromatic carboxylic acids is 1. The quantitative estimate of drug-likeness (QED) is 0.876. The Labute approximate surface area is 110 Å². The predicted molar refractivity (Wildman–Crippen MR) is 74.5 cm³/mol. The molecule has 94 valence electrons. The van der Waals surface area contributed by atoms with Crippen LogP contribution in [0.1, 0.15) is 34.5 Å². The third-order valence-corrected chi connectivity index (χ3v) is 3.61. The number of aryl methyl sites for hydroxylation is 1. The van der Waals surface area contributed by atoms with Crippen LogP contribution >= 0.6 is 11.3 Å². The number of hydrogen-bond acceptors (Lipinski definition) is 3. The highest BCUT2D eigenvalue weighted by Crippen LogP contribution is 2.26. The van der Waals surface area contributed by atoms with Crippen LogP contribution in [0.4, 0.5) is 5.69 Å². The highest BCUT2D eigenvalue weighted by Gasteiger charge is 2.14. The van der Waals surface area contributed by atoms with Gasteiger partial charge in [-0.05, 0) is 47.9 Å². The van der Waals surface area contributed by atoms with Crippen molar-refractivity contribution in [1.82, 2.24) is 0 Å². The second-order valence-electron chi connectivity index (χ2n) is 4.23. The SMILES string of the molecule is Cc1cccc(C(=O)O)c1NC(C)c1ccsc1. The normalized spacial score (nSPS) is 12.1. The molecule has 3 nitrogen and oxygen atoms in total. The van der Waals surface area contributed by atoms with Crippen molar-refractivity contribution < 1.29 is 9.90 Å². The van der Waals surface area contributed by atoms with Gasteiger partial charge in [-0.1, -0.05) is 12.1 Å². The number of carboxylic acid groups (broad SMARTS) is 1. The van der Waals surface area contributed by atoms with Gasteiger partial charge in [-0.15, -0.1) is 0 Å². The molecule has 18 heavy (non-hydrogen) atoms. The first-order valence-corrected chi connectivity index (χ1v) is 6.65. The monoisotopic (exact) mass is 261 g/mol. The highest BCUT2D eigenvalue weighted by atomic mass is 32.1. The maximum atomic E-state index is 11.2. The van der Waals surface area contributed by atoms with E-state index in [1.165, 1.54) is 5.56 Å². The molecular formula is C14H15NO2S. The van der Waals surface area contributed by atoms with Crippen LogP contribution in [0.15, 0.2) is 35.0 Å². The smallest absolute Gasteiger partial charge is 0.337 e. The van der Waals surface area contributed by atoms with Crippen molar-refractivity contribution in [1.29, 1.82) is 0 Å².